The SMILES string of the molecule is FC(F)(F)[C](F)(F)[Ag].[S-2]. The molecule has 0 aromatic carbocycles. The molecule has 0 rings (SSSR count). The standard InChI is InChI=1S/C2F5.Ag.S/c3-1(4)2(5,6)7;;/q;;-2. The van der Waals surface area contributed by atoms with Gasteiger partial charge in [-0.2, -0.15) is 0 Å². The van der Waals surface area contributed by atoms with Crippen LogP contribution in [0, 0.1) is 0 Å². The first-order valence-corrected chi connectivity index (χ1v) is 2.09. The summed E-state index contributed by atoms with van der Waals surface area (Å²) in [5, 5.41) is 0. The van der Waals surface area contributed by atoms with Crippen molar-refractivity contribution >= 4 is 13.5 Å². The van der Waals surface area contributed by atoms with Crippen LogP contribution in [0.25, 0.3) is 0 Å². The Morgan fingerprint density at radius 1 is 0.889 bits per heavy atom. The molecule has 7 heteroatoms. The zero-order valence-corrected chi connectivity index (χ0v) is 5.90. The van der Waals surface area contributed by atoms with Crippen molar-refractivity contribution in [1.82, 2.24) is 0 Å². The van der Waals surface area contributed by atoms with E-state index in [1.165, 1.54) is 0 Å². The molecule has 0 heterocycles. The second-order valence-corrected chi connectivity index (χ2v) is 1.88. The van der Waals surface area contributed by atoms with Crippen LogP contribution in [0.15, 0.2) is 0 Å². The second kappa shape index (κ2) is 3.23. The first-order valence-electron chi connectivity index (χ1n) is 1.35. The summed E-state index contributed by atoms with van der Waals surface area (Å²) in [6.07, 6.45) is -5.48. The summed E-state index contributed by atoms with van der Waals surface area (Å²) in [5.74, 6) is 0. The molecule has 0 aliphatic heterocycles. The summed E-state index contributed by atoms with van der Waals surface area (Å²) < 4.78 is 49.6. The van der Waals surface area contributed by atoms with E-state index in [2.05, 4.69) is 0 Å². The molecule has 0 N–H and O–H groups in total. The molecule has 0 unspecified atom stereocenters. The smallest absolute Gasteiger partial charge is 2.00 e. The predicted molar refractivity (Wildman–Crippen MR) is 18.4 cm³/mol. The number of hydrogen-bond acceptors (Lipinski definition) is 0. The van der Waals surface area contributed by atoms with Crippen molar-refractivity contribution < 1.29 is 43.0 Å². The molecular weight excluding hydrogens is 259 g/mol. The first kappa shape index (κ1) is 12.4. The molecule has 0 nitrogen and oxygen atoms in total. The Hall–Kier alpha value is 0.740. The van der Waals surface area contributed by atoms with Crippen molar-refractivity contribution in [3.05, 3.63) is 0 Å². The van der Waals surface area contributed by atoms with Crippen LogP contribution >= 0.6 is 0 Å². The third-order valence-corrected chi connectivity index (χ3v) is 0.720. The normalized spacial score (nSPS) is 12.8. The van der Waals surface area contributed by atoms with Crippen LogP contribution in [-0.4, -0.2) is 10.3 Å². The van der Waals surface area contributed by atoms with E-state index >= 15 is 0 Å². The molecule has 0 saturated heterocycles. The molecule has 0 aliphatic carbocycles. The first-order chi connectivity index (χ1) is 3.25. The zero-order valence-electron chi connectivity index (χ0n) is 3.60. The van der Waals surface area contributed by atoms with E-state index in [1.807, 2.05) is 0 Å². The Balaban J connectivity index is 0. The molecule has 0 atom stereocenters. The summed E-state index contributed by atoms with van der Waals surface area (Å²) in [7, 11) is 0. The number of rotatable bonds is 0. The van der Waals surface area contributed by atoms with Crippen molar-refractivity contribution in [2.24, 2.45) is 0 Å². The molecule has 0 spiro atoms. The quantitative estimate of drug-likeness (QED) is 0.458. The van der Waals surface area contributed by atoms with Gasteiger partial charge in [0.2, 0.25) is 0 Å². The minimum Gasteiger partial charge on any atom is -2.00 e. The Kier molecular flexibility index (Phi) is 4.45. The summed E-state index contributed by atoms with van der Waals surface area (Å²) in [4.78, 5) is 0. The second-order valence-electron chi connectivity index (χ2n) is 0.948. The van der Waals surface area contributed by atoms with Crippen molar-refractivity contribution in [3.63, 3.8) is 0 Å². The molecule has 0 aromatic heterocycles. The van der Waals surface area contributed by atoms with E-state index in [-0.39, 0.29) is 13.5 Å². The Bertz CT molecular complexity index is 69.9. The number of hydrogen-bond donors (Lipinski definition) is 0. The van der Waals surface area contributed by atoms with E-state index in [1.54, 1.807) is 0 Å². The summed E-state index contributed by atoms with van der Waals surface area (Å²) in [5.41, 5.74) is 0. The average Bonchev–Trinajstić information content (AvgIpc) is 1.25. The molecular formula is C2AgF5S-2. The number of halogens is 5. The van der Waals surface area contributed by atoms with Gasteiger partial charge in [0.05, 0.1) is 0 Å². The summed E-state index contributed by atoms with van der Waals surface area (Å²) in [6.45, 7) is 0. The Morgan fingerprint density at radius 3 is 1.00 bits per heavy atom. The van der Waals surface area contributed by atoms with Gasteiger partial charge in [0.1, 0.15) is 0 Å². The van der Waals surface area contributed by atoms with Gasteiger partial charge in [0, 0.05) is 0 Å². The summed E-state index contributed by atoms with van der Waals surface area (Å²) >= 11 is 1.16. The fourth-order valence-corrected chi connectivity index (χ4v) is 0. The molecule has 0 saturated carbocycles. The van der Waals surface area contributed by atoms with Gasteiger partial charge in [-0.1, -0.05) is 0 Å². The van der Waals surface area contributed by atoms with Crippen LogP contribution in [0.3, 0.4) is 0 Å². The zero-order chi connectivity index (χ0) is 7.00. The average molecular weight is 259 g/mol. The van der Waals surface area contributed by atoms with Crippen LogP contribution in [-0.2, 0) is 34.6 Å². The van der Waals surface area contributed by atoms with Crippen molar-refractivity contribution in [2.45, 2.75) is 10.3 Å². The predicted octanol–water partition coefficient (Wildman–Crippen LogP) is 1.69. The fourth-order valence-electron chi connectivity index (χ4n) is 0. The van der Waals surface area contributed by atoms with E-state index < -0.39 is 10.3 Å². The monoisotopic (exact) mass is 258 g/mol. The van der Waals surface area contributed by atoms with Crippen molar-refractivity contribution in [2.75, 3.05) is 0 Å². The van der Waals surface area contributed by atoms with Gasteiger partial charge in [-0.25, -0.2) is 0 Å². The van der Waals surface area contributed by atoms with Gasteiger partial charge in [-0.15, -0.1) is 0 Å². The van der Waals surface area contributed by atoms with Gasteiger partial charge in [-0.3, -0.25) is 0 Å². The minimum absolute atomic E-state index is 0. The minimum atomic E-state index is -5.48. The van der Waals surface area contributed by atoms with E-state index in [0.717, 1.165) is 21.1 Å². The maximum atomic E-state index is 11.0. The largest absolute Gasteiger partial charge is 2.00 e. The summed E-state index contributed by atoms with van der Waals surface area (Å²) in [6, 6.07) is 0. The van der Waals surface area contributed by atoms with Gasteiger partial charge in [0.25, 0.3) is 0 Å². The fraction of sp³-hybridized carbons (Fsp3) is 1.00. The molecule has 9 heavy (non-hydrogen) atoms. The molecule has 62 valence electrons. The van der Waals surface area contributed by atoms with Crippen molar-refractivity contribution in [3.8, 4) is 0 Å². The van der Waals surface area contributed by atoms with Gasteiger partial charge < -0.3 is 13.5 Å². The third kappa shape index (κ3) is 4.19. The van der Waals surface area contributed by atoms with Crippen LogP contribution in [0.4, 0.5) is 22.0 Å². The number of alkyl halides is 5. The van der Waals surface area contributed by atoms with E-state index in [4.69, 9.17) is 0 Å². The van der Waals surface area contributed by atoms with Gasteiger partial charge in [-0.05, 0) is 0 Å². The van der Waals surface area contributed by atoms with Crippen LogP contribution in [0.1, 0.15) is 0 Å². The van der Waals surface area contributed by atoms with Crippen molar-refractivity contribution in [1.29, 1.82) is 0 Å². The Morgan fingerprint density at radius 2 is 1.00 bits per heavy atom. The van der Waals surface area contributed by atoms with Gasteiger partial charge >= 0.3 is 53.3 Å². The molecule has 0 radical (unpaired) electrons. The topological polar surface area (TPSA) is 0 Å². The molecule has 0 aliphatic rings. The van der Waals surface area contributed by atoms with Crippen LogP contribution in [0.2, 0.25) is 0 Å². The molecule has 0 bridgehead atoms. The molecule has 0 fully saturated rings. The third-order valence-electron chi connectivity index (χ3n) is 0.300. The maximum Gasteiger partial charge on any atom is -2.00 e. The van der Waals surface area contributed by atoms with E-state index in [9.17, 15) is 22.0 Å². The van der Waals surface area contributed by atoms with Crippen LogP contribution in [0.5, 0.6) is 0 Å². The molecule has 0 amide bonds. The maximum absolute atomic E-state index is 11.0. The Labute approximate surface area is 67.2 Å². The van der Waals surface area contributed by atoms with Gasteiger partial charge in [0.15, 0.2) is 0 Å². The van der Waals surface area contributed by atoms with Crippen LogP contribution < -0.4 is 0 Å². The van der Waals surface area contributed by atoms with E-state index in [0.29, 0.717) is 0 Å². The molecule has 0 aromatic rings.